The molecule has 0 radical (unpaired) electrons. The SMILES string of the molecule is C=CCCC1([SiH3])CCCCO1. The first kappa shape index (κ1) is 9.01. The zero-order chi connectivity index (χ0) is 8.16. The number of hydrogen-bond donors (Lipinski definition) is 0. The van der Waals surface area contributed by atoms with Crippen LogP contribution in [0.25, 0.3) is 0 Å². The van der Waals surface area contributed by atoms with Crippen molar-refractivity contribution >= 4 is 10.2 Å². The highest BCUT2D eigenvalue weighted by Gasteiger charge is 2.26. The van der Waals surface area contributed by atoms with Crippen molar-refractivity contribution in [3.05, 3.63) is 12.7 Å². The van der Waals surface area contributed by atoms with E-state index in [9.17, 15) is 0 Å². The lowest BCUT2D eigenvalue weighted by Gasteiger charge is -2.33. The van der Waals surface area contributed by atoms with E-state index in [4.69, 9.17) is 4.74 Å². The molecule has 0 spiro atoms. The number of hydrogen-bond acceptors (Lipinski definition) is 1. The third-order valence-electron chi connectivity index (χ3n) is 2.43. The number of rotatable bonds is 3. The summed E-state index contributed by atoms with van der Waals surface area (Å²) in [5, 5.41) is 0.298. The fraction of sp³-hybridized carbons (Fsp3) is 0.778. The molecule has 0 aromatic heterocycles. The van der Waals surface area contributed by atoms with Gasteiger partial charge >= 0.3 is 0 Å². The average Bonchev–Trinajstić information content (AvgIpc) is 2.03. The Balaban J connectivity index is 2.30. The second-order valence-electron chi connectivity index (χ2n) is 3.58. The van der Waals surface area contributed by atoms with Gasteiger partial charge in [0.15, 0.2) is 0 Å². The van der Waals surface area contributed by atoms with Gasteiger partial charge in [-0.2, -0.15) is 0 Å². The minimum absolute atomic E-state index is 0.298. The molecule has 1 aliphatic heterocycles. The Labute approximate surface area is 72.2 Å². The van der Waals surface area contributed by atoms with Crippen molar-refractivity contribution in [3.63, 3.8) is 0 Å². The van der Waals surface area contributed by atoms with E-state index in [0.717, 1.165) is 13.0 Å². The van der Waals surface area contributed by atoms with Crippen LogP contribution in [0.15, 0.2) is 12.7 Å². The van der Waals surface area contributed by atoms with Gasteiger partial charge < -0.3 is 4.74 Å². The van der Waals surface area contributed by atoms with E-state index in [0.29, 0.717) is 5.22 Å². The van der Waals surface area contributed by atoms with E-state index in [2.05, 4.69) is 6.58 Å². The van der Waals surface area contributed by atoms with E-state index < -0.39 is 0 Å². The van der Waals surface area contributed by atoms with Gasteiger partial charge in [-0.25, -0.2) is 0 Å². The third kappa shape index (κ3) is 2.79. The first-order valence-corrected chi connectivity index (χ1v) is 5.52. The van der Waals surface area contributed by atoms with Crippen LogP contribution in [0, 0.1) is 0 Å². The van der Waals surface area contributed by atoms with Crippen LogP contribution >= 0.6 is 0 Å². The van der Waals surface area contributed by atoms with Crippen molar-refractivity contribution in [1.82, 2.24) is 0 Å². The van der Waals surface area contributed by atoms with Gasteiger partial charge in [-0.1, -0.05) is 6.08 Å². The minimum atomic E-state index is 0.298. The van der Waals surface area contributed by atoms with Crippen LogP contribution in [0.4, 0.5) is 0 Å². The molecule has 1 unspecified atom stereocenters. The van der Waals surface area contributed by atoms with Crippen LogP contribution in [0.1, 0.15) is 32.1 Å². The lowest BCUT2D eigenvalue weighted by atomic mass is 10.0. The van der Waals surface area contributed by atoms with Crippen molar-refractivity contribution in [2.45, 2.75) is 37.3 Å². The fourth-order valence-corrected chi connectivity index (χ4v) is 2.44. The third-order valence-corrected chi connectivity index (χ3v) is 3.72. The molecule has 1 fully saturated rings. The van der Waals surface area contributed by atoms with Crippen LogP contribution in [0.3, 0.4) is 0 Å². The second-order valence-corrected chi connectivity index (χ2v) is 5.41. The minimum Gasteiger partial charge on any atom is -0.380 e. The molecule has 0 saturated carbocycles. The summed E-state index contributed by atoms with van der Waals surface area (Å²) in [6.07, 6.45) is 8.22. The Morgan fingerprint density at radius 1 is 1.55 bits per heavy atom. The van der Waals surface area contributed by atoms with Gasteiger partial charge in [-0.05, 0) is 32.1 Å². The van der Waals surface area contributed by atoms with Crippen LogP contribution in [0.2, 0.25) is 0 Å². The van der Waals surface area contributed by atoms with Gasteiger partial charge in [0.05, 0.1) is 0 Å². The van der Waals surface area contributed by atoms with Crippen molar-refractivity contribution < 1.29 is 4.74 Å². The summed E-state index contributed by atoms with van der Waals surface area (Å²) in [7, 11) is 1.17. The van der Waals surface area contributed by atoms with Crippen LogP contribution in [0.5, 0.6) is 0 Å². The zero-order valence-electron chi connectivity index (χ0n) is 7.44. The van der Waals surface area contributed by atoms with Gasteiger partial charge in [0, 0.05) is 22.1 Å². The molecule has 2 heteroatoms. The lowest BCUT2D eigenvalue weighted by molar-refractivity contribution is -0.0219. The molecule has 0 aromatic rings. The molecule has 64 valence electrons. The molecule has 1 nitrogen and oxygen atoms in total. The lowest BCUT2D eigenvalue weighted by Crippen LogP contribution is -2.36. The molecule has 1 atom stereocenters. The van der Waals surface area contributed by atoms with Gasteiger partial charge in [0.2, 0.25) is 0 Å². The Morgan fingerprint density at radius 2 is 2.36 bits per heavy atom. The molecule has 0 aliphatic carbocycles. The van der Waals surface area contributed by atoms with E-state index in [1.807, 2.05) is 6.08 Å². The predicted octanol–water partition coefficient (Wildman–Crippen LogP) is 1.21. The second kappa shape index (κ2) is 4.07. The molecule has 1 rings (SSSR count). The molecule has 0 aromatic carbocycles. The summed E-state index contributed by atoms with van der Waals surface area (Å²) in [5.74, 6) is 0. The summed E-state index contributed by atoms with van der Waals surface area (Å²) < 4.78 is 5.78. The normalized spacial score (nSPS) is 32.0. The van der Waals surface area contributed by atoms with Crippen molar-refractivity contribution in [3.8, 4) is 0 Å². The Morgan fingerprint density at radius 3 is 2.91 bits per heavy atom. The summed E-state index contributed by atoms with van der Waals surface area (Å²) in [4.78, 5) is 0. The van der Waals surface area contributed by atoms with E-state index in [-0.39, 0.29) is 0 Å². The zero-order valence-corrected chi connectivity index (χ0v) is 9.44. The Bertz CT molecular complexity index is 128. The Hall–Kier alpha value is -0.0831. The molecule has 1 saturated heterocycles. The van der Waals surface area contributed by atoms with Gasteiger partial charge in [0.25, 0.3) is 0 Å². The standard InChI is InChI=1S/C9H18OSi/c1-2-3-6-9(11)7-4-5-8-10-9/h2H,1,3-8H2,11H3. The molecule has 0 bridgehead atoms. The highest BCUT2D eigenvalue weighted by molar-refractivity contribution is 6.14. The molecule has 0 N–H and O–H groups in total. The van der Waals surface area contributed by atoms with Gasteiger partial charge in [-0.3, -0.25) is 0 Å². The highest BCUT2D eigenvalue weighted by atomic mass is 28.1. The smallest absolute Gasteiger partial charge is 0.0489 e. The highest BCUT2D eigenvalue weighted by Crippen LogP contribution is 2.26. The van der Waals surface area contributed by atoms with Crippen LogP contribution < -0.4 is 0 Å². The Kier molecular flexibility index (Phi) is 3.33. The van der Waals surface area contributed by atoms with Crippen molar-refractivity contribution in [2.75, 3.05) is 6.61 Å². The van der Waals surface area contributed by atoms with Crippen molar-refractivity contribution in [2.24, 2.45) is 0 Å². The summed E-state index contributed by atoms with van der Waals surface area (Å²) >= 11 is 0. The predicted molar refractivity (Wildman–Crippen MR) is 51.9 cm³/mol. The van der Waals surface area contributed by atoms with Crippen molar-refractivity contribution in [1.29, 1.82) is 0 Å². The average molecular weight is 170 g/mol. The molecule has 11 heavy (non-hydrogen) atoms. The summed E-state index contributed by atoms with van der Waals surface area (Å²) in [6, 6.07) is 0. The van der Waals surface area contributed by atoms with E-state index >= 15 is 0 Å². The number of ether oxygens (including phenoxy) is 1. The van der Waals surface area contributed by atoms with Gasteiger partial charge in [0.1, 0.15) is 0 Å². The maximum absolute atomic E-state index is 5.78. The van der Waals surface area contributed by atoms with Crippen LogP contribution in [-0.4, -0.2) is 22.1 Å². The molecule has 0 amide bonds. The summed E-state index contributed by atoms with van der Waals surface area (Å²) in [5.41, 5.74) is 0. The van der Waals surface area contributed by atoms with Crippen LogP contribution in [-0.2, 0) is 4.74 Å². The van der Waals surface area contributed by atoms with E-state index in [1.54, 1.807) is 0 Å². The summed E-state index contributed by atoms with van der Waals surface area (Å²) in [6.45, 7) is 4.72. The fourth-order valence-electron chi connectivity index (χ4n) is 1.60. The molecule has 1 aliphatic rings. The number of allylic oxidation sites excluding steroid dienone is 1. The maximum atomic E-state index is 5.78. The monoisotopic (exact) mass is 170 g/mol. The first-order valence-electron chi connectivity index (χ1n) is 4.52. The molecule has 1 heterocycles. The maximum Gasteiger partial charge on any atom is 0.0489 e. The molecular formula is C9H18OSi. The quantitative estimate of drug-likeness (QED) is 0.457. The van der Waals surface area contributed by atoms with E-state index in [1.165, 1.54) is 35.9 Å². The largest absolute Gasteiger partial charge is 0.380 e. The molecular weight excluding hydrogens is 152 g/mol. The van der Waals surface area contributed by atoms with Gasteiger partial charge in [-0.15, -0.1) is 6.58 Å². The first-order chi connectivity index (χ1) is 5.27. The topological polar surface area (TPSA) is 9.23 Å².